The van der Waals surface area contributed by atoms with Crippen molar-refractivity contribution in [1.82, 2.24) is 0 Å². The zero-order chi connectivity index (χ0) is 15.9. The minimum atomic E-state index is -1.53. The van der Waals surface area contributed by atoms with E-state index >= 15 is 0 Å². The fourth-order valence-corrected chi connectivity index (χ4v) is 22.3. The van der Waals surface area contributed by atoms with E-state index in [2.05, 4.69) is 58.2 Å². The fourth-order valence-electron chi connectivity index (χ4n) is 4.15. The molecule has 0 saturated heterocycles. The predicted octanol–water partition coefficient (Wildman–Crippen LogP) is 0.353. The molecule has 0 N–H and O–H groups in total. The summed E-state index contributed by atoms with van der Waals surface area (Å²) in [4.78, 5) is 0. The van der Waals surface area contributed by atoms with E-state index in [-0.39, 0.29) is 30.2 Å². The van der Waals surface area contributed by atoms with Crippen molar-refractivity contribution in [2.45, 2.75) is 69.6 Å². The Kier molecular flexibility index (Phi) is 8.53. The van der Waals surface area contributed by atoms with Gasteiger partial charge in [0.1, 0.15) is 0 Å². The van der Waals surface area contributed by atoms with Gasteiger partial charge in [-0.05, 0) is 0 Å². The van der Waals surface area contributed by atoms with E-state index < -0.39 is 20.4 Å². The first-order valence-electron chi connectivity index (χ1n) is 8.86. The van der Waals surface area contributed by atoms with Crippen LogP contribution in [0.1, 0.15) is 52.9 Å². The molecule has 3 aliphatic rings. The van der Waals surface area contributed by atoms with Crippen LogP contribution in [0.3, 0.4) is 0 Å². The molecular formula is C20H30Cl2SiZr. The summed E-state index contributed by atoms with van der Waals surface area (Å²) >= 11 is -1.53. The Morgan fingerprint density at radius 2 is 1.71 bits per heavy atom. The van der Waals surface area contributed by atoms with E-state index in [0.29, 0.717) is 5.41 Å². The van der Waals surface area contributed by atoms with Crippen LogP contribution in [0.4, 0.5) is 0 Å². The molecule has 0 aromatic rings. The molecule has 0 amide bonds. The van der Waals surface area contributed by atoms with Crippen LogP contribution in [0.2, 0.25) is 16.7 Å². The zero-order valence-corrected chi connectivity index (χ0v) is 20.6. The smallest absolute Gasteiger partial charge is 1.00 e. The Morgan fingerprint density at radius 1 is 1.04 bits per heavy atom. The van der Waals surface area contributed by atoms with Crippen LogP contribution in [-0.2, 0) is 20.4 Å². The van der Waals surface area contributed by atoms with Gasteiger partial charge in [0.2, 0.25) is 0 Å². The summed E-state index contributed by atoms with van der Waals surface area (Å²) in [7, 11) is 0. The molecule has 0 heterocycles. The standard InChI is InChI=1S/C9H11.C9H13.C2H6Si.2ClH.Zr/c1-2-5-9-7-3-6-8(9)4-1;1-9(2,3)8-6-4-5-7-8;1-3-2;;;/h3,6-7H,1-2,4-5H2;4,6H,7H2,1-3H3;1-2H3;2*1H;/q;;;;;+2/p-2. The third kappa shape index (κ3) is 4.67. The van der Waals surface area contributed by atoms with Gasteiger partial charge in [-0.15, -0.1) is 0 Å². The van der Waals surface area contributed by atoms with Crippen molar-refractivity contribution in [3.8, 4) is 0 Å². The number of rotatable bonds is 2. The van der Waals surface area contributed by atoms with Crippen LogP contribution in [0.15, 0.2) is 44.3 Å². The van der Waals surface area contributed by atoms with Crippen LogP contribution in [0.25, 0.3) is 0 Å². The Hall–Kier alpha value is 0.640. The minimum absolute atomic E-state index is 0. The van der Waals surface area contributed by atoms with Crippen LogP contribution < -0.4 is 24.8 Å². The molecule has 0 bridgehead atoms. The van der Waals surface area contributed by atoms with Crippen LogP contribution in [0, 0.1) is 5.41 Å². The van der Waals surface area contributed by atoms with Gasteiger partial charge in [-0.3, -0.25) is 0 Å². The van der Waals surface area contributed by atoms with Gasteiger partial charge < -0.3 is 24.8 Å². The molecule has 0 nitrogen and oxygen atoms in total. The topological polar surface area (TPSA) is 0 Å². The summed E-state index contributed by atoms with van der Waals surface area (Å²) in [6.45, 7) is 12.3. The first-order valence-corrected chi connectivity index (χ1v) is 17.7. The van der Waals surface area contributed by atoms with Gasteiger partial charge in [-0.1, -0.05) is 0 Å². The van der Waals surface area contributed by atoms with E-state index in [0.717, 1.165) is 3.63 Å². The maximum absolute atomic E-state index is 2.64. The minimum Gasteiger partial charge on any atom is -1.00 e. The van der Waals surface area contributed by atoms with Gasteiger partial charge in [0.05, 0.1) is 0 Å². The molecule has 3 aliphatic carbocycles. The van der Waals surface area contributed by atoms with E-state index in [9.17, 15) is 0 Å². The van der Waals surface area contributed by atoms with Crippen molar-refractivity contribution in [2.75, 3.05) is 0 Å². The molecule has 0 radical (unpaired) electrons. The van der Waals surface area contributed by atoms with Gasteiger partial charge in [0.25, 0.3) is 0 Å². The molecule has 0 aliphatic heterocycles. The quantitative estimate of drug-likeness (QED) is 0.522. The van der Waals surface area contributed by atoms with Crippen molar-refractivity contribution in [3.05, 3.63) is 44.3 Å². The largest absolute Gasteiger partial charge is 1.00 e. The van der Waals surface area contributed by atoms with Crippen molar-refractivity contribution in [3.63, 3.8) is 0 Å². The summed E-state index contributed by atoms with van der Waals surface area (Å²) in [6.07, 6.45) is 17.1. The molecule has 0 saturated carbocycles. The summed E-state index contributed by atoms with van der Waals surface area (Å²) < 4.78 is 2.83. The van der Waals surface area contributed by atoms with Crippen LogP contribution >= 0.6 is 0 Å². The molecule has 132 valence electrons. The molecule has 24 heavy (non-hydrogen) atoms. The Bertz CT molecular complexity index is 641. The normalized spacial score (nSPS) is 21.9. The first kappa shape index (κ1) is 22.7. The molecule has 1 unspecified atom stereocenters. The van der Waals surface area contributed by atoms with Gasteiger partial charge in [0, 0.05) is 0 Å². The Labute approximate surface area is 169 Å². The average Bonchev–Trinajstić information content (AvgIpc) is 3.06. The maximum Gasteiger partial charge on any atom is -1.00 e. The van der Waals surface area contributed by atoms with E-state index in [1.807, 2.05) is 8.85 Å². The van der Waals surface area contributed by atoms with E-state index in [1.165, 1.54) is 32.1 Å². The third-order valence-corrected chi connectivity index (χ3v) is 23.6. The van der Waals surface area contributed by atoms with Crippen LogP contribution in [0.5, 0.6) is 0 Å². The molecule has 0 aromatic carbocycles. The SMILES string of the molecule is C[Si](C)=[Zr+2]([C]1=CC=C(C(C)(C)C)C1)[CH]1C=CC2=C1CCCC2.[Cl-].[Cl-]. The monoisotopic (exact) mass is 458 g/mol. The number of allylic oxidation sites excluding steroid dienone is 8. The molecule has 3 rings (SSSR count). The van der Waals surface area contributed by atoms with Crippen molar-refractivity contribution in [2.24, 2.45) is 5.41 Å². The second-order valence-corrected chi connectivity index (χ2v) is 26.0. The van der Waals surface area contributed by atoms with Gasteiger partial charge in [-0.2, -0.15) is 0 Å². The van der Waals surface area contributed by atoms with Gasteiger partial charge in [0.15, 0.2) is 0 Å². The predicted molar refractivity (Wildman–Crippen MR) is 96.1 cm³/mol. The molecule has 0 aromatic heterocycles. The summed E-state index contributed by atoms with van der Waals surface area (Å²) in [5.74, 6) is 0. The number of hydrogen-bond acceptors (Lipinski definition) is 0. The third-order valence-electron chi connectivity index (χ3n) is 5.45. The fraction of sp³-hybridized carbons (Fsp3) is 0.600. The average molecular weight is 461 g/mol. The van der Waals surface area contributed by atoms with Gasteiger partial charge >= 0.3 is 145 Å². The number of hydrogen-bond donors (Lipinski definition) is 0. The first-order chi connectivity index (χ1) is 10.4. The van der Waals surface area contributed by atoms with E-state index in [4.69, 9.17) is 0 Å². The summed E-state index contributed by atoms with van der Waals surface area (Å²) in [6, 6.07) is 0. The zero-order valence-electron chi connectivity index (χ0n) is 15.7. The molecule has 0 spiro atoms. The number of halogens is 2. The second kappa shape index (κ2) is 9.03. The summed E-state index contributed by atoms with van der Waals surface area (Å²) in [5, 5.41) is 0. The van der Waals surface area contributed by atoms with Gasteiger partial charge in [-0.25, -0.2) is 0 Å². The van der Waals surface area contributed by atoms with Crippen molar-refractivity contribution >= 4 is 5.43 Å². The van der Waals surface area contributed by atoms with Crippen molar-refractivity contribution in [1.29, 1.82) is 0 Å². The second-order valence-electron chi connectivity index (χ2n) is 8.32. The molecule has 4 heteroatoms. The van der Waals surface area contributed by atoms with Crippen molar-refractivity contribution < 1.29 is 45.2 Å². The molecule has 0 fully saturated rings. The molecule has 1 atom stereocenters. The Morgan fingerprint density at radius 3 is 2.29 bits per heavy atom. The van der Waals surface area contributed by atoms with E-state index in [1.54, 1.807) is 11.1 Å². The molecular weight excluding hydrogens is 430 g/mol. The van der Waals surface area contributed by atoms with Crippen LogP contribution in [-0.4, -0.2) is 5.43 Å². The Balaban J connectivity index is 0.00000144. The summed E-state index contributed by atoms with van der Waals surface area (Å²) in [5.41, 5.74) is 5.49. The maximum atomic E-state index is 2.64.